The predicted octanol–water partition coefficient (Wildman–Crippen LogP) is 3.53. The maximum atomic E-state index is 12.6. The first-order chi connectivity index (χ1) is 11.8. The van der Waals surface area contributed by atoms with Crippen LogP contribution in [0.5, 0.6) is 0 Å². The zero-order chi connectivity index (χ0) is 16.6. The number of aromatic nitrogens is 1. The van der Waals surface area contributed by atoms with E-state index in [1.165, 1.54) is 31.2 Å². The fourth-order valence-corrected chi connectivity index (χ4v) is 3.29. The molecule has 1 aliphatic heterocycles. The quantitative estimate of drug-likeness (QED) is 0.778. The highest BCUT2D eigenvalue weighted by Crippen LogP contribution is 2.30. The van der Waals surface area contributed by atoms with Gasteiger partial charge in [-0.3, -0.25) is 4.98 Å². The lowest BCUT2D eigenvalue weighted by Gasteiger charge is -2.30. The molecule has 1 aliphatic carbocycles. The second-order valence-corrected chi connectivity index (χ2v) is 6.94. The average Bonchev–Trinajstić information content (AvgIpc) is 3.44. The Morgan fingerprint density at radius 2 is 2.04 bits per heavy atom. The lowest BCUT2D eigenvalue weighted by molar-refractivity contribution is 0.121. The molecule has 2 heterocycles. The van der Waals surface area contributed by atoms with Crippen molar-refractivity contribution in [3.05, 3.63) is 30.1 Å². The molecule has 2 amide bonds. The summed E-state index contributed by atoms with van der Waals surface area (Å²) < 4.78 is 5.62. The van der Waals surface area contributed by atoms with Crippen molar-refractivity contribution in [3.63, 3.8) is 0 Å². The van der Waals surface area contributed by atoms with Gasteiger partial charge in [-0.15, -0.1) is 0 Å². The number of ether oxygens (including phenoxy) is 1. The summed E-state index contributed by atoms with van der Waals surface area (Å²) in [5.41, 5.74) is 1.19. The maximum Gasteiger partial charge on any atom is 0.317 e. The summed E-state index contributed by atoms with van der Waals surface area (Å²) in [6, 6.07) is 4.28. The number of nitrogens with one attached hydrogen (secondary N) is 1. The van der Waals surface area contributed by atoms with E-state index in [4.69, 9.17) is 4.74 Å². The number of rotatable bonds is 7. The minimum atomic E-state index is 0.0564. The van der Waals surface area contributed by atoms with Gasteiger partial charge in [0.05, 0.1) is 6.04 Å². The Morgan fingerprint density at radius 3 is 2.83 bits per heavy atom. The zero-order valence-electron chi connectivity index (χ0n) is 14.5. The molecule has 1 atom stereocenters. The Morgan fingerprint density at radius 1 is 1.21 bits per heavy atom. The van der Waals surface area contributed by atoms with Gasteiger partial charge >= 0.3 is 6.03 Å². The molecule has 3 rings (SSSR count). The van der Waals surface area contributed by atoms with Crippen molar-refractivity contribution in [1.29, 1.82) is 0 Å². The normalized spacial score (nSPS) is 21.3. The topological polar surface area (TPSA) is 54.5 Å². The molecule has 0 aromatic carbocycles. The van der Waals surface area contributed by atoms with Crippen molar-refractivity contribution in [3.8, 4) is 0 Å². The van der Waals surface area contributed by atoms with E-state index in [0.717, 1.165) is 44.9 Å². The highest BCUT2D eigenvalue weighted by Gasteiger charge is 2.26. The summed E-state index contributed by atoms with van der Waals surface area (Å²) in [7, 11) is 0. The predicted molar refractivity (Wildman–Crippen MR) is 93.7 cm³/mol. The zero-order valence-corrected chi connectivity index (χ0v) is 14.5. The van der Waals surface area contributed by atoms with Crippen LogP contribution >= 0.6 is 0 Å². The summed E-state index contributed by atoms with van der Waals surface area (Å²) in [4.78, 5) is 18.7. The van der Waals surface area contributed by atoms with Crippen LogP contribution in [0.25, 0.3) is 0 Å². The Balaban J connectivity index is 1.46. The second-order valence-electron chi connectivity index (χ2n) is 6.94. The third-order valence-corrected chi connectivity index (χ3v) is 4.90. The van der Waals surface area contributed by atoms with Gasteiger partial charge < -0.3 is 15.0 Å². The smallest absolute Gasteiger partial charge is 0.317 e. The van der Waals surface area contributed by atoms with Crippen molar-refractivity contribution in [2.24, 2.45) is 5.92 Å². The van der Waals surface area contributed by atoms with E-state index in [2.05, 4.69) is 10.3 Å². The Hall–Kier alpha value is -1.62. The highest BCUT2D eigenvalue weighted by atomic mass is 16.5. The Kier molecular flexibility index (Phi) is 6.47. The van der Waals surface area contributed by atoms with Gasteiger partial charge in [0.25, 0.3) is 0 Å². The summed E-state index contributed by atoms with van der Waals surface area (Å²) in [6.45, 7) is 3.15. The van der Waals surface area contributed by atoms with Crippen LogP contribution in [-0.2, 0) is 4.74 Å². The fraction of sp³-hybridized carbons (Fsp3) is 0.684. The third kappa shape index (κ3) is 5.20. The van der Waals surface area contributed by atoms with Crippen LogP contribution in [0.15, 0.2) is 24.5 Å². The summed E-state index contributed by atoms with van der Waals surface area (Å²) in [5, 5.41) is 3.08. The van der Waals surface area contributed by atoms with Gasteiger partial charge in [-0.25, -0.2) is 4.79 Å². The summed E-state index contributed by atoms with van der Waals surface area (Å²) in [5.74, 6) is 0.804. The molecule has 1 N–H and O–H groups in total. The molecule has 1 saturated heterocycles. The van der Waals surface area contributed by atoms with Gasteiger partial charge in [-0.05, 0) is 55.7 Å². The number of carbonyl (C=O) groups is 1. The fourth-order valence-electron chi connectivity index (χ4n) is 3.29. The van der Waals surface area contributed by atoms with Crippen LogP contribution in [0.1, 0.15) is 56.6 Å². The molecule has 24 heavy (non-hydrogen) atoms. The summed E-state index contributed by atoms with van der Waals surface area (Å²) >= 11 is 0. The van der Waals surface area contributed by atoms with E-state index < -0.39 is 0 Å². The molecule has 1 aromatic heterocycles. The monoisotopic (exact) mass is 331 g/mol. The Labute approximate surface area is 144 Å². The van der Waals surface area contributed by atoms with Gasteiger partial charge in [-0.1, -0.05) is 12.8 Å². The number of amides is 2. The molecule has 5 nitrogen and oxygen atoms in total. The molecule has 5 heteroatoms. The van der Waals surface area contributed by atoms with Crippen molar-refractivity contribution in [1.82, 2.24) is 15.2 Å². The number of pyridine rings is 1. The van der Waals surface area contributed by atoms with Gasteiger partial charge in [0, 0.05) is 38.7 Å². The number of hydrogen-bond acceptors (Lipinski definition) is 3. The SMILES string of the molecule is O=C(NCCCOCC1CC1)N1CCCCC[C@H]1c1ccncc1. The first-order valence-electron chi connectivity index (χ1n) is 9.37. The van der Waals surface area contributed by atoms with Crippen LogP contribution in [0.4, 0.5) is 4.79 Å². The molecule has 0 bridgehead atoms. The minimum Gasteiger partial charge on any atom is -0.381 e. The van der Waals surface area contributed by atoms with E-state index in [9.17, 15) is 4.79 Å². The molecule has 2 aliphatic rings. The minimum absolute atomic E-state index is 0.0564. The lowest BCUT2D eigenvalue weighted by Crippen LogP contribution is -2.42. The van der Waals surface area contributed by atoms with E-state index >= 15 is 0 Å². The van der Waals surface area contributed by atoms with E-state index in [1.807, 2.05) is 29.4 Å². The third-order valence-electron chi connectivity index (χ3n) is 4.90. The number of carbonyl (C=O) groups excluding carboxylic acids is 1. The molecular formula is C19H29N3O2. The van der Waals surface area contributed by atoms with Crippen molar-refractivity contribution in [2.75, 3.05) is 26.3 Å². The summed E-state index contributed by atoms with van der Waals surface area (Å²) in [6.07, 6.45) is 11.6. The lowest BCUT2D eigenvalue weighted by atomic mass is 10.0. The maximum absolute atomic E-state index is 12.6. The highest BCUT2D eigenvalue weighted by molar-refractivity contribution is 5.74. The van der Waals surface area contributed by atoms with Crippen molar-refractivity contribution < 1.29 is 9.53 Å². The number of hydrogen-bond donors (Lipinski definition) is 1. The Bertz CT molecular complexity index is 505. The van der Waals surface area contributed by atoms with E-state index in [0.29, 0.717) is 6.54 Å². The van der Waals surface area contributed by atoms with Crippen LogP contribution in [0.2, 0.25) is 0 Å². The van der Waals surface area contributed by atoms with E-state index in [1.54, 1.807) is 0 Å². The molecule has 1 aromatic rings. The van der Waals surface area contributed by atoms with Gasteiger partial charge in [0.1, 0.15) is 0 Å². The second kappa shape index (κ2) is 9.02. The number of nitrogens with zero attached hydrogens (tertiary/aromatic N) is 2. The molecule has 1 saturated carbocycles. The largest absolute Gasteiger partial charge is 0.381 e. The van der Waals surface area contributed by atoms with Crippen LogP contribution in [-0.4, -0.2) is 42.2 Å². The molecule has 0 unspecified atom stereocenters. The van der Waals surface area contributed by atoms with Crippen molar-refractivity contribution in [2.45, 2.75) is 51.0 Å². The van der Waals surface area contributed by atoms with Crippen LogP contribution in [0, 0.1) is 5.92 Å². The standard InChI is InChI=1S/C19H29N3O2/c23-19(21-10-4-14-24-15-16-6-7-16)22-13-3-1-2-5-18(22)17-8-11-20-12-9-17/h8-9,11-12,16,18H,1-7,10,13-15H2,(H,21,23)/t18-/m0/s1. The first kappa shape index (κ1) is 17.2. The number of likely N-dealkylation sites (tertiary alicyclic amines) is 1. The van der Waals surface area contributed by atoms with Gasteiger partial charge in [0.15, 0.2) is 0 Å². The van der Waals surface area contributed by atoms with Crippen LogP contribution < -0.4 is 5.32 Å². The first-order valence-corrected chi connectivity index (χ1v) is 9.37. The van der Waals surface area contributed by atoms with E-state index in [-0.39, 0.29) is 12.1 Å². The van der Waals surface area contributed by atoms with Gasteiger partial charge in [-0.2, -0.15) is 0 Å². The average molecular weight is 331 g/mol. The molecule has 132 valence electrons. The van der Waals surface area contributed by atoms with Gasteiger partial charge in [0.2, 0.25) is 0 Å². The molecule has 0 radical (unpaired) electrons. The number of urea groups is 1. The van der Waals surface area contributed by atoms with Crippen molar-refractivity contribution >= 4 is 6.03 Å². The molecule has 0 spiro atoms. The molecule has 2 fully saturated rings. The van der Waals surface area contributed by atoms with Crippen LogP contribution in [0.3, 0.4) is 0 Å². The molecular weight excluding hydrogens is 302 g/mol.